The van der Waals surface area contributed by atoms with E-state index in [0.29, 0.717) is 45.4 Å². The predicted octanol–water partition coefficient (Wildman–Crippen LogP) is 3.95. The quantitative estimate of drug-likeness (QED) is 0.309. The van der Waals surface area contributed by atoms with Crippen molar-refractivity contribution in [2.75, 3.05) is 24.9 Å². The molecule has 188 valence electrons. The smallest absolute Gasteiger partial charge is 0.267 e. The van der Waals surface area contributed by atoms with Gasteiger partial charge in [0.1, 0.15) is 17.0 Å². The Balaban J connectivity index is 0.000000303. The third kappa shape index (κ3) is 7.92. The molecule has 0 radical (unpaired) electrons. The number of hydrogen-bond acceptors (Lipinski definition) is 10. The van der Waals surface area contributed by atoms with Crippen LogP contribution in [0.4, 0.5) is 16.6 Å². The molecule has 0 saturated heterocycles. The number of carbonyl (C=O) groups excluding carboxylic acids is 1. The van der Waals surface area contributed by atoms with Gasteiger partial charge in [-0.15, -0.1) is 0 Å². The summed E-state index contributed by atoms with van der Waals surface area (Å²) in [7, 11) is 3.16. The second kappa shape index (κ2) is 13.4. The van der Waals surface area contributed by atoms with Crippen molar-refractivity contribution in [2.45, 2.75) is 20.1 Å². The number of carbonyl (C=O) groups is 1. The fourth-order valence-electron chi connectivity index (χ4n) is 2.84. The van der Waals surface area contributed by atoms with Crippen LogP contribution in [0.15, 0.2) is 54.0 Å². The molecule has 3 heterocycles. The molecule has 1 aromatic carbocycles. The summed E-state index contributed by atoms with van der Waals surface area (Å²) in [4.78, 5) is 42.2. The molecule has 0 spiro atoms. The van der Waals surface area contributed by atoms with Gasteiger partial charge in [-0.1, -0.05) is 35.1 Å². The molecule has 0 saturated carbocycles. The first-order valence-corrected chi connectivity index (χ1v) is 11.7. The van der Waals surface area contributed by atoms with Gasteiger partial charge in [0.25, 0.3) is 11.5 Å². The maximum atomic E-state index is 12.5. The van der Waals surface area contributed by atoms with Crippen molar-refractivity contribution in [3.05, 3.63) is 86.4 Å². The molecule has 0 aliphatic rings. The number of thiazole rings is 1. The van der Waals surface area contributed by atoms with Gasteiger partial charge < -0.3 is 25.1 Å². The average molecular weight is 530 g/mol. The summed E-state index contributed by atoms with van der Waals surface area (Å²) in [6.07, 6.45) is 4.31. The first-order chi connectivity index (χ1) is 17.4. The van der Waals surface area contributed by atoms with E-state index in [9.17, 15) is 9.59 Å². The fraction of sp³-hybridized carbons (Fsp3) is 0.217. The van der Waals surface area contributed by atoms with Crippen LogP contribution >= 0.6 is 22.9 Å². The molecule has 0 aliphatic heterocycles. The summed E-state index contributed by atoms with van der Waals surface area (Å²) >= 11 is 7.37. The second-order valence-corrected chi connectivity index (χ2v) is 8.64. The minimum Gasteiger partial charge on any atom is -0.378 e. The van der Waals surface area contributed by atoms with Crippen molar-refractivity contribution in [1.29, 1.82) is 0 Å². The van der Waals surface area contributed by atoms with Gasteiger partial charge in [-0.3, -0.25) is 9.59 Å². The van der Waals surface area contributed by atoms with Gasteiger partial charge in [0, 0.05) is 26.4 Å². The second-order valence-electron chi connectivity index (χ2n) is 7.20. The lowest BCUT2D eigenvalue weighted by molar-refractivity contribution is 0.103. The zero-order valence-corrected chi connectivity index (χ0v) is 21.3. The lowest BCUT2D eigenvalue weighted by atomic mass is 10.2. The molecular weight excluding hydrogens is 506 g/mol. The lowest BCUT2D eigenvalue weighted by Crippen LogP contribution is -2.11. The van der Waals surface area contributed by atoms with Crippen LogP contribution in [-0.4, -0.2) is 45.0 Å². The summed E-state index contributed by atoms with van der Waals surface area (Å²) in [6, 6.07) is 8.62. The van der Waals surface area contributed by atoms with E-state index in [1.807, 2.05) is 19.1 Å². The minimum absolute atomic E-state index is 0.151. The van der Waals surface area contributed by atoms with E-state index in [4.69, 9.17) is 21.1 Å². The molecule has 0 atom stereocenters. The third-order valence-corrected chi connectivity index (χ3v) is 5.69. The van der Waals surface area contributed by atoms with Crippen molar-refractivity contribution in [2.24, 2.45) is 0 Å². The molecule has 0 bridgehead atoms. The van der Waals surface area contributed by atoms with Crippen molar-refractivity contribution >= 4 is 45.5 Å². The standard InChI is InChI=1S/C17H16ClN5O2S.C6H8N2O2/c1-10-4-3-5-12(18)15(10)23-16(24)13-7-19-17(26-13)22-14-6-11(8-25-2)20-9-21-14;1-10-3-5-2-6(9)8-4-7-5/h3-7,9H,8H2,1-2H3,(H,23,24)(H,19,20,21,22);2,4H,3H2,1H3,(H,7,8,9). The highest BCUT2D eigenvalue weighted by molar-refractivity contribution is 7.17. The molecule has 36 heavy (non-hydrogen) atoms. The topological polar surface area (TPSA) is 144 Å². The number of aromatic nitrogens is 5. The highest BCUT2D eigenvalue weighted by Crippen LogP contribution is 2.27. The Morgan fingerprint density at radius 3 is 2.53 bits per heavy atom. The number of para-hydroxylation sites is 1. The molecule has 3 aromatic heterocycles. The molecule has 0 fully saturated rings. The van der Waals surface area contributed by atoms with Gasteiger partial charge in [0.15, 0.2) is 5.13 Å². The summed E-state index contributed by atoms with van der Waals surface area (Å²) in [5, 5.41) is 6.93. The van der Waals surface area contributed by atoms with Crippen molar-refractivity contribution < 1.29 is 14.3 Å². The fourth-order valence-corrected chi connectivity index (χ4v) is 3.83. The number of aromatic amines is 1. The maximum Gasteiger partial charge on any atom is 0.267 e. The van der Waals surface area contributed by atoms with E-state index in [-0.39, 0.29) is 11.5 Å². The number of methoxy groups -OCH3 is 2. The van der Waals surface area contributed by atoms with E-state index in [1.54, 1.807) is 26.4 Å². The van der Waals surface area contributed by atoms with Crippen LogP contribution in [0, 0.1) is 6.92 Å². The average Bonchev–Trinajstić information content (AvgIpc) is 3.31. The zero-order valence-electron chi connectivity index (χ0n) is 19.7. The van der Waals surface area contributed by atoms with E-state index in [2.05, 4.69) is 35.6 Å². The Hall–Kier alpha value is -3.71. The summed E-state index contributed by atoms with van der Waals surface area (Å²) < 4.78 is 9.82. The van der Waals surface area contributed by atoms with Crippen LogP contribution in [0.1, 0.15) is 26.6 Å². The zero-order chi connectivity index (χ0) is 25.9. The van der Waals surface area contributed by atoms with Gasteiger partial charge in [0.05, 0.1) is 47.8 Å². The van der Waals surface area contributed by atoms with Crippen molar-refractivity contribution in [3.8, 4) is 0 Å². The number of nitrogens with one attached hydrogen (secondary N) is 3. The van der Waals surface area contributed by atoms with Crippen molar-refractivity contribution in [1.82, 2.24) is 24.9 Å². The predicted molar refractivity (Wildman–Crippen MR) is 138 cm³/mol. The van der Waals surface area contributed by atoms with Gasteiger partial charge in [-0.25, -0.2) is 19.9 Å². The first-order valence-electron chi connectivity index (χ1n) is 10.5. The van der Waals surface area contributed by atoms with E-state index >= 15 is 0 Å². The number of halogens is 1. The summed E-state index contributed by atoms with van der Waals surface area (Å²) in [5.41, 5.74) is 2.73. The molecule has 0 aliphatic carbocycles. The molecule has 13 heteroatoms. The minimum atomic E-state index is -0.269. The monoisotopic (exact) mass is 529 g/mol. The first kappa shape index (κ1) is 26.9. The Bertz CT molecular complexity index is 1340. The number of benzene rings is 1. The van der Waals surface area contributed by atoms with Crippen LogP contribution in [0.2, 0.25) is 5.02 Å². The number of ether oxygens (including phenoxy) is 2. The molecular formula is C23H24ClN7O4S. The summed E-state index contributed by atoms with van der Waals surface area (Å²) in [6.45, 7) is 2.65. The van der Waals surface area contributed by atoms with E-state index in [0.717, 1.165) is 11.3 Å². The Morgan fingerprint density at radius 2 is 1.83 bits per heavy atom. The molecule has 1 amide bonds. The van der Waals surface area contributed by atoms with Crippen LogP contribution in [0.5, 0.6) is 0 Å². The number of anilines is 3. The Labute approximate surface area is 215 Å². The van der Waals surface area contributed by atoms with Crippen LogP contribution in [0.3, 0.4) is 0 Å². The molecule has 0 unspecified atom stereocenters. The number of amides is 1. The normalized spacial score (nSPS) is 10.3. The van der Waals surface area contributed by atoms with Crippen molar-refractivity contribution in [3.63, 3.8) is 0 Å². The number of aryl methyl sites for hydroxylation is 1. The molecule has 11 nitrogen and oxygen atoms in total. The number of nitrogens with zero attached hydrogens (tertiary/aromatic N) is 4. The largest absolute Gasteiger partial charge is 0.378 e. The number of hydrogen-bond donors (Lipinski definition) is 3. The molecule has 4 rings (SSSR count). The number of rotatable bonds is 8. The SMILES string of the molecule is COCc1cc(=O)[nH]cn1.COCc1cc(Nc2ncc(C(=O)Nc3c(C)cccc3Cl)s2)ncn1. The van der Waals surface area contributed by atoms with Gasteiger partial charge in [-0.2, -0.15) is 0 Å². The van der Waals surface area contributed by atoms with Crippen LogP contribution < -0.4 is 16.2 Å². The third-order valence-electron chi connectivity index (χ3n) is 4.47. The molecule has 3 N–H and O–H groups in total. The van der Waals surface area contributed by atoms with Gasteiger partial charge in [-0.05, 0) is 18.6 Å². The summed E-state index contributed by atoms with van der Waals surface area (Å²) in [5.74, 6) is 0.310. The molecule has 4 aromatic rings. The van der Waals surface area contributed by atoms with E-state index in [1.165, 1.54) is 36.3 Å². The highest BCUT2D eigenvalue weighted by atomic mass is 35.5. The van der Waals surface area contributed by atoms with E-state index < -0.39 is 0 Å². The Morgan fingerprint density at radius 1 is 1.08 bits per heavy atom. The van der Waals surface area contributed by atoms with Gasteiger partial charge in [0.2, 0.25) is 0 Å². The van der Waals surface area contributed by atoms with Crippen LogP contribution in [0.25, 0.3) is 0 Å². The maximum absolute atomic E-state index is 12.5. The Kier molecular flexibility index (Phi) is 10.0. The number of H-pyrrole nitrogens is 1. The highest BCUT2D eigenvalue weighted by Gasteiger charge is 2.14. The van der Waals surface area contributed by atoms with Crippen LogP contribution in [-0.2, 0) is 22.7 Å². The lowest BCUT2D eigenvalue weighted by Gasteiger charge is -2.08. The van der Waals surface area contributed by atoms with Gasteiger partial charge >= 0.3 is 0 Å².